The predicted octanol–water partition coefficient (Wildman–Crippen LogP) is 5.12. The van der Waals surface area contributed by atoms with Gasteiger partial charge in [-0.05, 0) is 46.5 Å². The van der Waals surface area contributed by atoms with Crippen LogP contribution in [0.2, 0.25) is 5.04 Å². The number of carbonyl (C=O) groups excluding carboxylic acids is 1. The molecule has 2 aromatic carbocycles. The van der Waals surface area contributed by atoms with Gasteiger partial charge in [0.05, 0.1) is 0 Å². The maximum atomic E-state index is 11.2. The largest absolute Gasteiger partial charge is 0.407 e. The van der Waals surface area contributed by atoms with E-state index in [0.29, 0.717) is 13.0 Å². The van der Waals surface area contributed by atoms with Crippen molar-refractivity contribution in [1.82, 2.24) is 0 Å². The van der Waals surface area contributed by atoms with E-state index in [0.717, 1.165) is 18.6 Å². The molecule has 0 heterocycles. The summed E-state index contributed by atoms with van der Waals surface area (Å²) in [6, 6.07) is 21.5. The van der Waals surface area contributed by atoms with Crippen LogP contribution >= 0.6 is 0 Å². The van der Waals surface area contributed by atoms with Gasteiger partial charge in [-0.3, -0.25) is 0 Å². The predicted molar refractivity (Wildman–Crippen MR) is 124 cm³/mol. The van der Waals surface area contributed by atoms with E-state index in [1.807, 2.05) is 0 Å². The Hall–Kier alpha value is -1.97. The molecule has 1 aliphatic rings. The molecule has 1 saturated carbocycles. The van der Waals surface area contributed by atoms with Gasteiger partial charge in [0, 0.05) is 13.0 Å². The van der Waals surface area contributed by atoms with Crippen LogP contribution in [-0.2, 0) is 9.22 Å². The molecule has 2 aromatic rings. The van der Waals surface area contributed by atoms with Crippen molar-refractivity contribution in [2.75, 3.05) is 6.61 Å². The molecule has 1 atom stereocenters. The molecule has 0 N–H and O–H groups in total. The van der Waals surface area contributed by atoms with Crippen LogP contribution in [0.25, 0.3) is 0 Å². The smallest absolute Gasteiger partial charge is 0.261 e. The van der Waals surface area contributed by atoms with Crippen molar-refractivity contribution in [3.05, 3.63) is 72.8 Å². The van der Waals surface area contributed by atoms with Gasteiger partial charge >= 0.3 is 0 Å². The molecule has 29 heavy (non-hydrogen) atoms. The zero-order valence-corrected chi connectivity index (χ0v) is 19.0. The van der Waals surface area contributed by atoms with Crippen LogP contribution in [0.4, 0.5) is 0 Å². The zero-order chi connectivity index (χ0) is 20.7. The first-order valence-corrected chi connectivity index (χ1v) is 12.7. The molecule has 1 unspecified atom stereocenters. The average molecular weight is 407 g/mol. The first kappa shape index (κ1) is 21.7. The lowest BCUT2D eigenvalue weighted by Crippen LogP contribution is -2.66. The fourth-order valence-electron chi connectivity index (χ4n) is 4.14. The van der Waals surface area contributed by atoms with E-state index in [2.05, 4.69) is 93.6 Å². The molecule has 1 fully saturated rings. The first-order valence-electron chi connectivity index (χ1n) is 10.8. The Balaban J connectivity index is 1.87. The lowest BCUT2D eigenvalue weighted by atomic mass is 10.0. The molecule has 3 heteroatoms. The van der Waals surface area contributed by atoms with Gasteiger partial charge in [-0.25, -0.2) is 0 Å². The quantitative estimate of drug-likeness (QED) is 0.311. The van der Waals surface area contributed by atoms with Crippen molar-refractivity contribution >= 4 is 25.0 Å². The fraction of sp³-hybridized carbons (Fsp3) is 0.423. The highest BCUT2D eigenvalue weighted by Gasteiger charge is 2.50. The van der Waals surface area contributed by atoms with E-state index < -0.39 is 8.32 Å². The van der Waals surface area contributed by atoms with Gasteiger partial charge in [0.25, 0.3) is 8.32 Å². The highest BCUT2D eigenvalue weighted by Crippen LogP contribution is 2.37. The molecule has 1 aliphatic carbocycles. The summed E-state index contributed by atoms with van der Waals surface area (Å²) in [5.74, 6) is 1.01. The highest BCUT2D eigenvalue weighted by atomic mass is 28.4. The van der Waals surface area contributed by atoms with Crippen molar-refractivity contribution < 1.29 is 9.22 Å². The van der Waals surface area contributed by atoms with Crippen LogP contribution in [0.15, 0.2) is 72.8 Å². The minimum absolute atomic E-state index is 0.0142. The molecule has 0 amide bonds. The summed E-state index contributed by atoms with van der Waals surface area (Å²) in [5, 5.41) is 2.60. The van der Waals surface area contributed by atoms with Gasteiger partial charge in [0.15, 0.2) is 0 Å². The van der Waals surface area contributed by atoms with Crippen molar-refractivity contribution in [3.8, 4) is 0 Å². The second-order valence-electron chi connectivity index (χ2n) is 9.19. The number of aldehydes is 1. The average Bonchev–Trinajstić information content (AvgIpc) is 3.54. The van der Waals surface area contributed by atoms with E-state index in [1.165, 1.54) is 23.2 Å². The third kappa shape index (κ3) is 5.34. The minimum Gasteiger partial charge on any atom is -0.407 e. The summed E-state index contributed by atoms with van der Waals surface area (Å²) in [5.41, 5.74) is 0. The molecular formula is C26H34O2Si. The highest BCUT2D eigenvalue weighted by molar-refractivity contribution is 6.99. The summed E-state index contributed by atoms with van der Waals surface area (Å²) in [6.07, 6.45) is 9.65. The fourth-order valence-corrected chi connectivity index (χ4v) is 8.72. The van der Waals surface area contributed by atoms with Gasteiger partial charge in [-0.2, -0.15) is 0 Å². The number of hydrogen-bond donors (Lipinski definition) is 0. The lowest BCUT2D eigenvalue weighted by molar-refractivity contribution is -0.108. The maximum absolute atomic E-state index is 11.2. The second kappa shape index (κ2) is 9.68. The number of benzene rings is 2. The summed E-state index contributed by atoms with van der Waals surface area (Å²) >= 11 is 0. The molecule has 0 bridgehead atoms. The third-order valence-corrected chi connectivity index (χ3v) is 10.9. The number of hydrogen-bond acceptors (Lipinski definition) is 2. The summed E-state index contributed by atoms with van der Waals surface area (Å²) in [7, 11) is -2.48. The van der Waals surface area contributed by atoms with Crippen LogP contribution in [0.1, 0.15) is 46.5 Å². The van der Waals surface area contributed by atoms with Gasteiger partial charge in [0.1, 0.15) is 6.29 Å². The van der Waals surface area contributed by atoms with Crippen LogP contribution in [0.3, 0.4) is 0 Å². The number of rotatable bonds is 10. The van der Waals surface area contributed by atoms with E-state index >= 15 is 0 Å². The number of allylic oxidation sites excluding steroid dienone is 2. The Morgan fingerprint density at radius 1 is 1.00 bits per heavy atom. The summed E-state index contributed by atoms with van der Waals surface area (Å²) in [6.45, 7) is 7.57. The number of carbonyl (C=O) groups is 1. The standard InChI is InChI=1S/C26H34O2Si/c1-26(2,3)29(24-10-6-4-7-11-24,25-12-8-5-9-13-25)28-21-19-23(18-20-27)17-16-22-14-15-22/h4-13,16-17,20,22-23H,14-15,18-19,21H2,1-3H3/b17-16+. The molecule has 0 radical (unpaired) electrons. The van der Waals surface area contributed by atoms with Gasteiger partial charge in [0.2, 0.25) is 0 Å². The van der Waals surface area contributed by atoms with E-state index in [-0.39, 0.29) is 11.0 Å². The van der Waals surface area contributed by atoms with Crippen LogP contribution in [0.5, 0.6) is 0 Å². The molecule has 154 valence electrons. The van der Waals surface area contributed by atoms with Crippen molar-refractivity contribution in [2.45, 2.75) is 51.5 Å². The Bertz CT molecular complexity index is 749. The Kier molecular flexibility index (Phi) is 7.26. The van der Waals surface area contributed by atoms with Gasteiger partial charge in [-0.15, -0.1) is 0 Å². The topological polar surface area (TPSA) is 26.3 Å². The monoisotopic (exact) mass is 406 g/mol. The Morgan fingerprint density at radius 2 is 1.55 bits per heavy atom. The normalized spacial score (nSPS) is 16.1. The van der Waals surface area contributed by atoms with E-state index in [1.54, 1.807) is 0 Å². The SMILES string of the molecule is CC(C)(C)[Si](OCCC(/C=C/C1CC1)CC=O)(c1ccccc1)c1ccccc1. The Morgan fingerprint density at radius 3 is 2.00 bits per heavy atom. The van der Waals surface area contributed by atoms with Crippen molar-refractivity contribution in [3.63, 3.8) is 0 Å². The third-order valence-electron chi connectivity index (χ3n) is 5.90. The van der Waals surface area contributed by atoms with E-state index in [4.69, 9.17) is 4.43 Å². The van der Waals surface area contributed by atoms with Gasteiger partial charge in [-0.1, -0.05) is 93.6 Å². The lowest BCUT2D eigenvalue weighted by Gasteiger charge is -2.43. The van der Waals surface area contributed by atoms with Crippen LogP contribution in [-0.4, -0.2) is 21.2 Å². The molecule has 2 nitrogen and oxygen atoms in total. The first-order chi connectivity index (χ1) is 14.0. The summed E-state index contributed by atoms with van der Waals surface area (Å²) < 4.78 is 6.95. The Labute approximate surface area is 177 Å². The molecule has 3 rings (SSSR count). The maximum Gasteiger partial charge on any atom is 0.261 e. The summed E-state index contributed by atoms with van der Waals surface area (Å²) in [4.78, 5) is 11.2. The molecule has 0 aromatic heterocycles. The second-order valence-corrected chi connectivity index (χ2v) is 13.5. The molecular weight excluding hydrogens is 372 g/mol. The van der Waals surface area contributed by atoms with Crippen molar-refractivity contribution in [2.24, 2.45) is 11.8 Å². The molecule has 0 spiro atoms. The molecule has 0 aliphatic heterocycles. The van der Waals surface area contributed by atoms with E-state index in [9.17, 15) is 4.79 Å². The molecule has 0 saturated heterocycles. The van der Waals surface area contributed by atoms with Crippen LogP contribution < -0.4 is 10.4 Å². The van der Waals surface area contributed by atoms with Crippen LogP contribution in [0, 0.1) is 11.8 Å². The van der Waals surface area contributed by atoms with Crippen molar-refractivity contribution in [1.29, 1.82) is 0 Å². The zero-order valence-electron chi connectivity index (χ0n) is 18.0. The van der Waals surface area contributed by atoms with Gasteiger partial charge < -0.3 is 9.22 Å². The minimum atomic E-state index is -2.48.